The number of anilines is 1. The summed E-state index contributed by atoms with van der Waals surface area (Å²) in [7, 11) is 0. The number of aryl methyl sites for hydroxylation is 2. The molecule has 0 bridgehead atoms. The van der Waals surface area contributed by atoms with E-state index in [-0.39, 0.29) is 5.91 Å². The van der Waals surface area contributed by atoms with Crippen molar-refractivity contribution in [2.24, 2.45) is 0 Å². The van der Waals surface area contributed by atoms with Crippen molar-refractivity contribution in [2.45, 2.75) is 19.6 Å². The fraction of sp³-hybridized carbons (Fsp3) is 0.333. The van der Waals surface area contributed by atoms with Gasteiger partial charge in [-0.15, -0.1) is 23.1 Å². The van der Waals surface area contributed by atoms with Crippen LogP contribution in [-0.4, -0.2) is 21.9 Å². The third kappa shape index (κ3) is 3.36. The van der Waals surface area contributed by atoms with Gasteiger partial charge in [-0.3, -0.25) is 9.89 Å². The van der Waals surface area contributed by atoms with Gasteiger partial charge in [-0.25, -0.2) is 0 Å². The van der Waals surface area contributed by atoms with Crippen LogP contribution in [0.25, 0.3) is 0 Å². The second-order valence-corrected chi connectivity index (χ2v) is 5.95. The van der Waals surface area contributed by atoms with Crippen LogP contribution in [0.3, 0.4) is 0 Å². The molecule has 18 heavy (non-hydrogen) atoms. The number of aromatic nitrogens is 2. The standard InChI is InChI=1S/C12H15N3OS2/c1-8-12(9(2)15-14-8)13-11(16)7-17-6-10-4-3-5-18-10/h3-5H,6-7H2,1-2H3,(H,13,16)(H,14,15). The Labute approximate surface area is 114 Å². The molecule has 2 aromatic heterocycles. The first-order valence-corrected chi connectivity index (χ1v) is 7.62. The summed E-state index contributed by atoms with van der Waals surface area (Å²) in [5.41, 5.74) is 2.52. The van der Waals surface area contributed by atoms with E-state index in [2.05, 4.69) is 21.6 Å². The maximum absolute atomic E-state index is 11.8. The Bertz CT molecular complexity index is 500. The highest BCUT2D eigenvalue weighted by molar-refractivity contribution is 7.99. The van der Waals surface area contributed by atoms with Crippen LogP contribution in [0, 0.1) is 13.8 Å². The topological polar surface area (TPSA) is 57.8 Å². The van der Waals surface area contributed by atoms with Crippen LogP contribution < -0.4 is 5.32 Å². The maximum atomic E-state index is 11.8. The van der Waals surface area contributed by atoms with Crippen LogP contribution in [0.15, 0.2) is 17.5 Å². The minimum Gasteiger partial charge on any atom is -0.322 e. The van der Waals surface area contributed by atoms with Gasteiger partial charge in [-0.2, -0.15) is 5.10 Å². The first-order valence-electron chi connectivity index (χ1n) is 5.58. The van der Waals surface area contributed by atoms with Crippen LogP contribution in [0.1, 0.15) is 16.3 Å². The van der Waals surface area contributed by atoms with Crippen molar-refractivity contribution >= 4 is 34.7 Å². The molecule has 1 amide bonds. The molecule has 0 unspecified atom stereocenters. The highest BCUT2D eigenvalue weighted by atomic mass is 32.2. The monoisotopic (exact) mass is 281 g/mol. The Hall–Kier alpha value is -1.27. The summed E-state index contributed by atoms with van der Waals surface area (Å²) in [6, 6.07) is 4.11. The molecular weight excluding hydrogens is 266 g/mol. The summed E-state index contributed by atoms with van der Waals surface area (Å²) >= 11 is 3.34. The molecule has 0 atom stereocenters. The Morgan fingerprint density at radius 3 is 3.00 bits per heavy atom. The zero-order valence-electron chi connectivity index (χ0n) is 10.3. The van der Waals surface area contributed by atoms with Crippen molar-refractivity contribution in [1.82, 2.24) is 10.2 Å². The van der Waals surface area contributed by atoms with Gasteiger partial charge in [0.1, 0.15) is 0 Å². The van der Waals surface area contributed by atoms with Crippen molar-refractivity contribution < 1.29 is 4.79 Å². The summed E-state index contributed by atoms with van der Waals surface area (Å²) in [5.74, 6) is 1.36. The number of aromatic amines is 1. The predicted octanol–water partition coefficient (Wildman–Crippen LogP) is 2.96. The number of hydrogen-bond donors (Lipinski definition) is 2. The van der Waals surface area contributed by atoms with E-state index in [1.54, 1.807) is 23.1 Å². The van der Waals surface area contributed by atoms with Crippen LogP contribution in [0.5, 0.6) is 0 Å². The molecule has 0 spiro atoms. The second-order valence-electron chi connectivity index (χ2n) is 3.93. The molecule has 0 saturated heterocycles. The Morgan fingerprint density at radius 1 is 1.56 bits per heavy atom. The molecule has 0 saturated carbocycles. The average Bonchev–Trinajstić information content (AvgIpc) is 2.94. The van der Waals surface area contributed by atoms with E-state index in [1.165, 1.54) is 4.88 Å². The lowest BCUT2D eigenvalue weighted by molar-refractivity contribution is -0.113. The SMILES string of the molecule is Cc1n[nH]c(C)c1NC(=O)CSCc1cccs1. The van der Waals surface area contributed by atoms with Crippen LogP contribution in [0.2, 0.25) is 0 Å². The molecule has 2 N–H and O–H groups in total. The van der Waals surface area contributed by atoms with Crippen molar-refractivity contribution in [1.29, 1.82) is 0 Å². The molecule has 4 nitrogen and oxygen atoms in total. The van der Waals surface area contributed by atoms with Crippen molar-refractivity contribution in [3.8, 4) is 0 Å². The van der Waals surface area contributed by atoms with E-state index in [9.17, 15) is 4.79 Å². The molecule has 2 rings (SSSR count). The summed E-state index contributed by atoms with van der Waals surface area (Å²) in [4.78, 5) is 13.1. The Kier molecular flexibility index (Phi) is 4.43. The molecule has 2 heterocycles. The fourth-order valence-electron chi connectivity index (χ4n) is 1.55. The number of thioether (sulfide) groups is 1. The third-order valence-electron chi connectivity index (χ3n) is 2.45. The van der Waals surface area contributed by atoms with Crippen LogP contribution in [-0.2, 0) is 10.5 Å². The minimum atomic E-state index is 0.0177. The highest BCUT2D eigenvalue weighted by Gasteiger charge is 2.10. The summed E-state index contributed by atoms with van der Waals surface area (Å²) in [5, 5.41) is 11.8. The predicted molar refractivity (Wildman–Crippen MR) is 77.2 cm³/mol. The van der Waals surface area contributed by atoms with E-state index in [1.807, 2.05) is 25.3 Å². The molecule has 0 aliphatic carbocycles. The van der Waals surface area contributed by atoms with E-state index < -0.39 is 0 Å². The lowest BCUT2D eigenvalue weighted by Crippen LogP contribution is -2.15. The molecule has 0 fully saturated rings. The molecular formula is C12H15N3OS2. The Morgan fingerprint density at radius 2 is 2.39 bits per heavy atom. The van der Waals surface area contributed by atoms with Gasteiger partial charge >= 0.3 is 0 Å². The van der Waals surface area contributed by atoms with Gasteiger partial charge in [-0.1, -0.05) is 6.07 Å². The molecule has 6 heteroatoms. The third-order valence-corrected chi connectivity index (χ3v) is 4.49. The largest absolute Gasteiger partial charge is 0.322 e. The van der Waals surface area contributed by atoms with Gasteiger partial charge in [0.25, 0.3) is 0 Å². The van der Waals surface area contributed by atoms with Gasteiger partial charge in [0.15, 0.2) is 0 Å². The molecule has 2 aromatic rings. The number of nitrogens with zero attached hydrogens (tertiary/aromatic N) is 1. The minimum absolute atomic E-state index is 0.0177. The molecule has 96 valence electrons. The van der Waals surface area contributed by atoms with Crippen molar-refractivity contribution in [3.05, 3.63) is 33.8 Å². The summed E-state index contributed by atoms with van der Waals surface area (Å²) in [6.45, 7) is 3.77. The average molecular weight is 281 g/mol. The zero-order valence-corrected chi connectivity index (χ0v) is 12.0. The molecule has 0 aromatic carbocycles. The van der Waals surface area contributed by atoms with E-state index in [0.29, 0.717) is 5.75 Å². The van der Waals surface area contributed by atoms with Crippen LogP contribution >= 0.6 is 23.1 Å². The van der Waals surface area contributed by atoms with E-state index >= 15 is 0 Å². The van der Waals surface area contributed by atoms with E-state index in [4.69, 9.17) is 0 Å². The van der Waals surface area contributed by atoms with Gasteiger partial charge in [0.2, 0.25) is 5.91 Å². The normalized spacial score (nSPS) is 10.6. The van der Waals surface area contributed by atoms with Crippen molar-refractivity contribution in [3.63, 3.8) is 0 Å². The van der Waals surface area contributed by atoms with Gasteiger partial charge in [0.05, 0.1) is 22.8 Å². The van der Waals surface area contributed by atoms with Gasteiger partial charge in [0, 0.05) is 10.6 Å². The number of rotatable bonds is 5. The van der Waals surface area contributed by atoms with Gasteiger partial charge < -0.3 is 5.32 Å². The molecule has 0 aliphatic rings. The van der Waals surface area contributed by atoms with Gasteiger partial charge in [-0.05, 0) is 25.3 Å². The zero-order chi connectivity index (χ0) is 13.0. The highest BCUT2D eigenvalue weighted by Crippen LogP contribution is 2.19. The number of nitrogens with one attached hydrogen (secondary N) is 2. The number of hydrogen-bond acceptors (Lipinski definition) is 4. The van der Waals surface area contributed by atoms with Crippen LogP contribution in [0.4, 0.5) is 5.69 Å². The Balaban J connectivity index is 1.79. The molecule has 0 aliphatic heterocycles. The summed E-state index contributed by atoms with van der Waals surface area (Å²) in [6.07, 6.45) is 0. The number of H-pyrrole nitrogens is 1. The smallest absolute Gasteiger partial charge is 0.234 e. The quantitative estimate of drug-likeness (QED) is 0.886. The number of carbonyl (C=O) groups is 1. The lowest BCUT2D eigenvalue weighted by Gasteiger charge is -2.04. The molecule has 0 radical (unpaired) electrons. The fourth-order valence-corrected chi connectivity index (χ4v) is 3.22. The lowest BCUT2D eigenvalue weighted by atomic mass is 10.3. The summed E-state index contributed by atoms with van der Waals surface area (Å²) < 4.78 is 0. The van der Waals surface area contributed by atoms with Crippen molar-refractivity contribution in [2.75, 3.05) is 11.1 Å². The second kappa shape index (κ2) is 6.06. The number of thiophene rings is 1. The first kappa shape index (κ1) is 13.2. The van der Waals surface area contributed by atoms with E-state index in [0.717, 1.165) is 22.8 Å². The number of carbonyl (C=O) groups excluding carboxylic acids is 1. The maximum Gasteiger partial charge on any atom is 0.234 e. The number of amides is 1. The first-order chi connectivity index (χ1) is 8.66.